The lowest BCUT2D eigenvalue weighted by Crippen LogP contribution is -2.53. The van der Waals surface area contributed by atoms with Gasteiger partial charge >= 0.3 is 0 Å². The monoisotopic (exact) mass is 440 g/mol. The van der Waals surface area contributed by atoms with Crippen molar-refractivity contribution < 1.29 is 19.1 Å². The molecular formula is C18H27Cl3N2O4. The molecule has 3 amide bonds. The van der Waals surface area contributed by atoms with Gasteiger partial charge in [0.1, 0.15) is 11.8 Å². The van der Waals surface area contributed by atoms with Gasteiger partial charge in [0, 0.05) is 18.4 Å². The number of carbonyl (C=O) groups is 3. The highest BCUT2D eigenvalue weighted by Crippen LogP contribution is 2.38. The van der Waals surface area contributed by atoms with E-state index in [1.807, 2.05) is 13.8 Å². The van der Waals surface area contributed by atoms with Crippen LogP contribution >= 0.6 is 34.8 Å². The van der Waals surface area contributed by atoms with Crippen molar-refractivity contribution in [2.75, 3.05) is 7.11 Å². The number of halogens is 3. The molecule has 1 heterocycles. The molecule has 154 valence electrons. The predicted molar refractivity (Wildman–Crippen MR) is 106 cm³/mol. The van der Waals surface area contributed by atoms with E-state index in [0.717, 1.165) is 4.90 Å². The quantitative estimate of drug-likeness (QED) is 0.584. The number of carbonyl (C=O) groups excluding carboxylic acids is 3. The number of alkyl halides is 3. The minimum absolute atomic E-state index is 0.0849. The molecule has 1 N–H and O–H groups in total. The van der Waals surface area contributed by atoms with Crippen LogP contribution in [0.15, 0.2) is 11.8 Å². The van der Waals surface area contributed by atoms with Crippen molar-refractivity contribution in [1.29, 1.82) is 0 Å². The van der Waals surface area contributed by atoms with Gasteiger partial charge in [-0.25, -0.2) is 0 Å². The molecule has 9 heteroatoms. The molecule has 0 fully saturated rings. The molecule has 0 saturated heterocycles. The fourth-order valence-electron chi connectivity index (χ4n) is 2.87. The average Bonchev–Trinajstić information content (AvgIpc) is 2.87. The minimum Gasteiger partial charge on any atom is -0.499 e. The van der Waals surface area contributed by atoms with Gasteiger partial charge in [-0.1, -0.05) is 62.5 Å². The first kappa shape index (κ1) is 24.1. The van der Waals surface area contributed by atoms with Crippen molar-refractivity contribution in [3.8, 4) is 0 Å². The molecule has 0 bridgehead atoms. The predicted octanol–water partition coefficient (Wildman–Crippen LogP) is 3.59. The summed E-state index contributed by atoms with van der Waals surface area (Å²) >= 11 is 17.8. The van der Waals surface area contributed by atoms with Gasteiger partial charge in [0.25, 0.3) is 11.8 Å². The van der Waals surface area contributed by atoms with E-state index >= 15 is 0 Å². The second-order valence-corrected chi connectivity index (χ2v) is 9.46. The molecular weight excluding hydrogens is 415 g/mol. The van der Waals surface area contributed by atoms with Gasteiger partial charge in [-0.3, -0.25) is 19.3 Å². The van der Waals surface area contributed by atoms with Crippen LogP contribution in [0.1, 0.15) is 47.0 Å². The number of nitrogens with zero attached hydrogens (tertiary/aromatic N) is 1. The van der Waals surface area contributed by atoms with Crippen LogP contribution in [0.2, 0.25) is 0 Å². The molecule has 0 aromatic rings. The number of methoxy groups -OCH3 is 1. The zero-order valence-electron chi connectivity index (χ0n) is 16.2. The van der Waals surface area contributed by atoms with E-state index in [9.17, 15) is 14.4 Å². The molecule has 0 aliphatic carbocycles. The van der Waals surface area contributed by atoms with Gasteiger partial charge < -0.3 is 10.1 Å². The lowest BCUT2D eigenvalue weighted by Gasteiger charge is -2.32. The van der Waals surface area contributed by atoms with Gasteiger partial charge in [0.05, 0.1) is 13.2 Å². The van der Waals surface area contributed by atoms with E-state index in [-0.39, 0.29) is 24.7 Å². The number of hydrogen-bond donors (Lipinski definition) is 1. The third kappa shape index (κ3) is 6.54. The Bertz CT molecular complexity index is 602. The van der Waals surface area contributed by atoms with Gasteiger partial charge in [-0.05, 0) is 18.8 Å². The first-order chi connectivity index (χ1) is 12.4. The summed E-state index contributed by atoms with van der Waals surface area (Å²) in [5.74, 6) is -1.20. The van der Waals surface area contributed by atoms with Crippen LogP contribution in [0.4, 0.5) is 0 Å². The van der Waals surface area contributed by atoms with Crippen LogP contribution < -0.4 is 5.32 Å². The Hall–Kier alpha value is -0.980. The van der Waals surface area contributed by atoms with Gasteiger partial charge in [-0.2, -0.15) is 0 Å². The Balaban J connectivity index is 3.14. The summed E-state index contributed by atoms with van der Waals surface area (Å²) in [6.45, 7) is 7.31. The summed E-state index contributed by atoms with van der Waals surface area (Å²) in [7, 11) is 1.46. The van der Waals surface area contributed by atoms with Gasteiger partial charge in [-0.15, -0.1) is 0 Å². The first-order valence-electron chi connectivity index (χ1n) is 8.90. The van der Waals surface area contributed by atoms with E-state index < -0.39 is 33.6 Å². The third-order valence-electron chi connectivity index (χ3n) is 4.41. The summed E-state index contributed by atoms with van der Waals surface area (Å²) in [5.41, 5.74) is 0. The van der Waals surface area contributed by atoms with E-state index in [1.165, 1.54) is 13.2 Å². The molecule has 0 spiro atoms. The number of rotatable bonds is 8. The molecule has 0 radical (unpaired) electrons. The van der Waals surface area contributed by atoms with Crippen LogP contribution in [0.25, 0.3) is 0 Å². The lowest BCUT2D eigenvalue weighted by atomic mass is 9.99. The number of hydrogen-bond acceptors (Lipinski definition) is 4. The molecule has 1 aliphatic heterocycles. The van der Waals surface area contributed by atoms with Crippen molar-refractivity contribution in [3.05, 3.63) is 11.8 Å². The molecule has 1 aliphatic rings. The maximum Gasteiger partial charge on any atom is 0.257 e. The maximum atomic E-state index is 13.2. The average molecular weight is 442 g/mol. The van der Waals surface area contributed by atoms with Crippen molar-refractivity contribution >= 4 is 52.5 Å². The third-order valence-corrected chi connectivity index (χ3v) is 5.53. The minimum atomic E-state index is -1.60. The zero-order valence-corrected chi connectivity index (χ0v) is 18.5. The molecule has 2 unspecified atom stereocenters. The molecule has 1 rings (SSSR count). The molecule has 27 heavy (non-hydrogen) atoms. The smallest absolute Gasteiger partial charge is 0.257 e. The largest absolute Gasteiger partial charge is 0.499 e. The Labute approximate surface area is 175 Å². The highest BCUT2D eigenvalue weighted by Gasteiger charge is 2.43. The Morgan fingerprint density at radius 3 is 2.33 bits per heavy atom. The van der Waals surface area contributed by atoms with Gasteiger partial charge in [0.2, 0.25) is 5.91 Å². The topological polar surface area (TPSA) is 75.7 Å². The Kier molecular flexibility index (Phi) is 8.90. The van der Waals surface area contributed by atoms with E-state index in [4.69, 9.17) is 39.5 Å². The normalized spacial score (nSPS) is 19.7. The number of ether oxygens (including phenoxy) is 1. The molecule has 3 atom stereocenters. The Morgan fingerprint density at radius 2 is 1.89 bits per heavy atom. The second kappa shape index (κ2) is 9.99. The highest BCUT2D eigenvalue weighted by molar-refractivity contribution is 6.67. The van der Waals surface area contributed by atoms with Crippen LogP contribution in [-0.4, -0.2) is 45.6 Å². The van der Waals surface area contributed by atoms with Crippen molar-refractivity contribution in [2.24, 2.45) is 11.8 Å². The van der Waals surface area contributed by atoms with Crippen molar-refractivity contribution in [1.82, 2.24) is 10.2 Å². The van der Waals surface area contributed by atoms with Crippen LogP contribution in [-0.2, 0) is 19.1 Å². The zero-order chi connectivity index (χ0) is 20.9. The fourth-order valence-corrected chi connectivity index (χ4v) is 3.13. The summed E-state index contributed by atoms with van der Waals surface area (Å²) in [5, 5.41) is 2.65. The molecule has 0 aromatic carbocycles. The fraction of sp³-hybridized carbons (Fsp3) is 0.722. The number of amides is 3. The van der Waals surface area contributed by atoms with Crippen molar-refractivity contribution in [2.45, 2.75) is 62.8 Å². The van der Waals surface area contributed by atoms with E-state index in [2.05, 4.69) is 5.32 Å². The number of imide groups is 1. The van der Waals surface area contributed by atoms with Crippen LogP contribution in [0, 0.1) is 11.8 Å². The standard InChI is InChI=1S/C18H27Cl3N2O4/c1-6-15(24)22-12(8-11(4)18(19,20)21)17(26)23-13(7-10(2)3)14(27-5)9-16(23)25/h9-13H,6-8H2,1-5H3,(H,22,24)/t11?,12-,13?/m1/s1. The van der Waals surface area contributed by atoms with Gasteiger partial charge in [0.15, 0.2) is 3.79 Å². The second-order valence-electron chi connectivity index (χ2n) is 7.09. The van der Waals surface area contributed by atoms with E-state index in [0.29, 0.717) is 12.2 Å². The molecule has 0 saturated carbocycles. The first-order valence-corrected chi connectivity index (χ1v) is 10.0. The summed E-state index contributed by atoms with van der Waals surface area (Å²) in [6, 6.07) is -1.50. The highest BCUT2D eigenvalue weighted by atomic mass is 35.6. The SMILES string of the molecule is CCC(=O)N[C@H](CC(C)C(Cl)(Cl)Cl)C(=O)N1C(=O)C=C(OC)C1CC(C)C. The summed E-state index contributed by atoms with van der Waals surface area (Å²) in [4.78, 5) is 38.7. The Morgan fingerprint density at radius 1 is 1.30 bits per heavy atom. The lowest BCUT2D eigenvalue weighted by molar-refractivity contribution is -0.146. The van der Waals surface area contributed by atoms with E-state index in [1.54, 1.807) is 13.8 Å². The van der Waals surface area contributed by atoms with Crippen LogP contribution in [0.5, 0.6) is 0 Å². The molecule has 0 aromatic heterocycles. The maximum absolute atomic E-state index is 13.2. The molecule has 6 nitrogen and oxygen atoms in total. The van der Waals surface area contributed by atoms with Crippen molar-refractivity contribution in [3.63, 3.8) is 0 Å². The van der Waals surface area contributed by atoms with Crippen LogP contribution in [0.3, 0.4) is 0 Å². The number of nitrogens with one attached hydrogen (secondary N) is 1. The summed E-state index contributed by atoms with van der Waals surface area (Å²) < 4.78 is 3.69. The summed E-state index contributed by atoms with van der Waals surface area (Å²) in [6.07, 6.45) is 2.13.